The molecule has 0 amide bonds. The molecule has 5 rings (SSSR count). The van der Waals surface area contributed by atoms with E-state index in [-0.39, 0.29) is 18.3 Å². The molecular formula is C29H26ClF2NO5. The first-order valence-electron chi connectivity index (χ1n) is 12.2. The molecule has 1 N–H and O–H groups in total. The van der Waals surface area contributed by atoms with Crippen molar-refractivity contribution in [3.8, 4) is 11.4 Å². The second-order valence-electron chi connectivity index (χ2n) is 9.21. The van der Waals surface area contributed by atoms with E-state index >= 15 is 0 Å². The summed E-state index contributed by atoms with van der Waals surface area (Å²) in [6.45, 7) is 1.14. The van der Waals surface area contributed by atoms with Gasteiger partial charge < -0.3 is 23.9 Å². The fourth-order valence-electron chi connectivity index (χ4n) is 5.13. The third kappa shape index (κ3) is 5.12. The Bertz CT molecular complexity index is 1480. The second-order valence-corrected chi connectivity index (χ2v) is 9.65. The van der Waals surface area contributed by atoms with Crippen LogP contribution in [0.5, 0.6) is 5.75 Å². The van der Waals surface area contributed by atoms with Gasteiger partial charge in [0.05, 0.1) is 11.1 Å². The lowest BCUT2D eigenvalue weighted by atomic mass is 9.90. The average Bonchev–Trinajstić information content (AvgIpc) is 3.23. The third-order valence-electron chi connectivity index (χ3n) is 6.82. The Kier molecular flexibility index (Phi) is 7.65. The van der Waals surface area contributed by atoms with Gasteiger partial charge in [0.2, 0.25) is 0 Å². The van der Waals surface area contributed by atoms with Crippen LogP contribution >= 0.6 is 11.6 Å². The molecule has 1 saturated heterocycles. The molecular weight excluding hydrogens is 516 g/mol. The van der Waals surface area contributed by atoms with Gasteiger partial charge in [-0.3, -0.25) is 0 Å². The van der Waals surface area contributed by atoms with Gasteiger partial charge in [-0.05, 0) is 66.8 Å². The lowest BCUT2D eigenvalue weighted by Gasteiger charge is -2.26. The van der Waals surface area contributed by atoms with Crippen molar-refractivity contribution in [2.75, 3.05) is 27.1 Å². The molecule has 1 aromatic heterocycles. The number of fused-ring (bicyclic) bond motifs is 1. The fraction of sp³-hybridized carbons (Fsp3) is 0.276. The van der Waals surface area contributed by atoms with Crippen LogP contribution in [0.4, 0.5) is 8.78 Å². The Hall–Kier alpha value is -3.46. The molecule has 1 fully saturated rings. The topological polar surface area (TPSA) is 69.9 Å². The van der Waals surface area contributed by atoms with Crippen LogP contribution in [0.25, 0.3) is 16.6 Å². The molecule has 4 aromatic rings. The SMILES string of the molecule is COCOc1cc(Cl)cc2c1c(Cc1ccc(C(=O)O)cc1)c(C1CCOCC1)n2-c1ccc(F)c(F)c1. The maximum absolute atomic E-state index is 14.5. The molecule has 0 radical (unpaired) electrons. The first kappa shape index (κ1) is 26.2. The molecule has 0 atom stereocenters. The predicted octanol–water partition coefficient (Wildman–Crippen LogP) is 6.73. The molecule has 0 saturated carbocycles. The highest BCUT2D eigenvalue weighted by molar-refractivity contribution is 6.31. The molecule has 1 aliphatic rings. The van der Waals surface area contributed by atoms with Crippen molar-refractivity contribution in [2.24, 2.45) is 0 Å². The Morgan fingerprint density at radius 1 is 1.08 bits per heavy atom. The van der Waals surface area contributed by atoms with Crippen molar-refractivity contribution in [3.63, 3.8) is 0 Å². The summed E-state index contributed by atoms with van der Waals surface area (Å²) in [6, 6.07) is 14.0. The number of aromatic nitrogens is 1. The molecule has 1 aliphatic heterocycles. The van der Waals surface area contributed by atoms with Crippen LogP contribution in [0, 0.1) is 11.6 Å². The Balaban J connectivity index is 1.81. The molecule has 9 heteroatoms. The maximum Gasteiger partial charge on any atom is 0.335 e. The number of methoxy groups -OCH3 is 1. The molecule has 38 heavy (non-hydrogen) atoms. The maximum atomic E-state index is 14.5. The third-order valence-corrected chi connectivity index (χ3v) is 7.04. The van der Waals surface area contributed by atoms with Crippen LogP contribution in [0.15, 0.2) is 54.6 Å². The van der Waals surface area contributed by atoms with Crippen LogP contribution in [0.1, 0.15) is 45.9 Å². The molecule has 0 aliphatic carbocycles. The Morgan fingerprint density at radius 2 is 1.82 bits per heavy atom. The first-order chi connectivity index (χ1) is 18.4. The van der Waals surface area contributed by atoms with E-state index in [1.165, 1.54) is 13.2 Å². The lowest BCUT2D eigenvalue weighted by molar-refractivity contribution is 0.0522. The summed E-state index contributed by atoms with van der Waals surface area (Å²) in [4.78, 5) is 11.4. The van der Waals surface area contributed by atoms with Gasteiger partial charge in [-0.25, -0.2) is 13.6 Å². The minimum Gasteiger partial charge on any atom is -0.478 e. The van der Waals surface area contributed by atoms with Crippen molar-refractivity contribution in [1.29, 1.82) is 0 Å². The fourth-order valence-corrected chi connectivity index (χ4v) is 5.33. The van der Waals surface area contributed by atoms with E-state index in [1.54, 1.807) is 42.5 Å². The van der Waals surface area contributed by atoms with Crippen molar-refractivity contribution < 1.29 is 32.9 Å². The number of halogens is 3. The minimum absolute atomic E-state index is 0.00878. The van der Waals surface area contributed by atoms with Crippen LogP contribution in [0.2, 0.25) is 5.02 Å². The van der Waals surface area contributed by atoms with Crippen LogP contribution in [-0.4, -0.2) is 42.8 Å². The number of aromatic carboxylic acids is 1. The summed E-state index contributed by atoms with van der Waals surface area (Å²) >= 11 is 6.53. The number of ether oxygens (including phenoxy) is 3. The molecule has 0 bridgehead atoms. The average molecular weight is 542 g/mol. The van der Waals surface area contributed by atoms with E-state index in [2.05, 4.69) is 0 Å². The monoisotopic (exact) mass is 541 g/mol. The minimum atomic E-state index is -1.00. The number of carboxylic acids is 1. The second kappa shape index (κ2) is 11.1. The molecule has 6 nitrogen and oxygen atoms in total. The van der Waals surface area contributed by atoms with Gasteiger partial charge in [0, 0.05) is 54.1 Å². The van der Waals surface area contributed by atoms with Gasteiger partial charge in [0.1, 0.15) is 5.75 Å². The van der Waals surface area contributed by atoms with Crippen LogP contribution in [0.3, 0.4) is 0 Å². The van der Waals surface area contributed by atoms with Gasteiger partial charge >= 0.3 is 5.97 Å². The Morgan fingerprint density at radius 3 is 2.47 bits per heavy atom. The van der Waals surface area contributed by atoms with Crippen LogP contribution < -0.4 is 4.74 Å². The van der Waals surface area contributed by atoms with E-state index in [0.29, 0.717) is 41.6 Å². The molecule has 0 spiro atoms. The van der Waals surface area contributed by atoms with Gasteiger partial charge in [0.25, 0.3) is 0 Å². The largest absolute Gasteiger partial charge is 0.478 e. The number of benzene rings is 3. The van der Waals surface area contributed by atoms with Gasteiger partial charge in [0.15, 0.2) is 18.4 Å². The summed E-state index contributed by atoms with van der Waals surface area (Å²) in [5.41, 5.74) is 4.10. The van der Waals surface area contributed by atoms with Crippen LogP contribution in [-0.2, 0) is 15.9 Å². The van der Waals surface area contributed by atoms with E-state index in [1.807, 2.05) is 4.57 Å². The summed E-state index contributed by atoms with van der Waals surface area (Å²) < 4.78 is 47.1. The zero-order valence-corrected chi connectivity index (χ0v) is 21.4. The van der Waals surface area contributed by atoms with E-state index in [9.17, 15) is 18.7 Å². The molecule has 3 aromatic carbocycles. The lowest BCUT2D eigenvalue weighted by Crippen LogP contribution is -2.18. The first-order valence-corrected chi connectivity index (χ1v) is 12.6. The summed E-state index contributed by atoms with van der Waals surface area (Å²) in [5.74, 6) is -2.32. The summed E-state index contributed by atoms with van der Waals surface area (Å²) in [5, 5.41) is 10.5. The predicted molar refractivity (Wildman–Crippen MR) is 140 cm³/mol. The number of carboxylic acid groups (broad SMARTS) is 1. The molecule has 0 unspecified atom stereocenters. The molecule has 198 valence electrons. The number of carbonyl (C=O) groups is 1. The zero-order chi connectivity index (χ0) is 26.8. The molecule has 2 heterocycles. The summed E-state index contributed by atoms with van der Waals surface area (Å²) in [6.07, 6.45) is 1.94. The van der Waals surface area contributed by atoms with Crippen molar-refractivity contribution in [1.82, 2.24) is 4.57 Å². The smallest absolute Gasteiger partial charge is 0.335 e. The van der Waals surface area contributed by atoms with Gasteiger partial charge in [-0.15, -0.1) is 0 Å². The van der Waals surface area contributed by atoms with E-state index < -0.39 is 17.6 Å². The highest BCUT2D eigenvalue weighted by Crippen LogP contribution is 2.44. The number of nitrogens with zero attached hydrogens (tertiary/aromatic N) is 1. The van der Waals surface area contributed by atoms with Crippen molar-refractivity contribution in [3.05, 3.63) is 93.6 Å². The summed E-state index contributed by atoms with van der Waals surface area (Å²) in [7, 11) is 1.52. The van der Waals surface area contributed by atoms with Gasteiger partial charge in [-0.2, -0.15) is 0 Å². The quantitative estimate of drug-likeness (QED) is 0.251. The normalized spacial score (nSPS) is 14.2. The number of hydrogen-bond acceptors (Lipinski definition) is 4. The standard InChI is InChI=1S/C29H26ClF2NO5/c1-36-16-38-26-14-20(30)13-25-27(26)22(12-17-2-4-19(5-3-17)29(34)35)28(18-8-10-37-11-9-18)33(25)21-6-7-23(31)24(32)15-21/h2-7,13-15,18H,8-12,16H2,1H3,(H,34,35). The number of hydrogen-bond donors (Lipinski definition) is 1. The highest BCUT2D eigenvalue weighted by atomic mass is 35.5. The number of rotatable bonds is 8. The van der Waals surface area contributed by atoms with E-state index in [0.717, 1.165) is 41.1 Å². The van der Waals surface area contributed by atoms with E-state index in [4.69, 9.17) is 25.8 Å². The zero-order valence-electron chi connectivity index (χ0n) is 20.7. The van der Waals surface area contributed by atoms with Crippen molar-refractivity contribution >= 4 is 28.5 Å². The Labute approximate surface area is 223 Å². The highest BCUT2D eigenvalue weighted by Gasteiger charge is 2.29. The van der Waals surface area contributed by atoms with Crippen molar-refractivity contribution in [2.45, 2.75) is 25.2 Å². The van der Waals surface area contributed by atoms with Gasteiger partial charge in [-0.1, -0.05) is 23.7 Å².